The first-order valence-electron chi connectivity index (χ1n) is 9.28. The van der Waals surface area contributed by atoms with Crippen LogP contribution in [0, 0.1) is 0 Å². The third-order valence-electron chi connectivity index (χ3n) is 4.72. The molecule has 1 aromatic carbocycles. The maximum absolute atomic E-state index is 12.4. The third kappa shape index (κ3) is 5.67. The number of aromatic nitrogens is 2. The molecule has 0 radical (unpaired) electrons. The van der Waals surface area contributed by atoms with E-state index in [9.17, 15) is 4.79 Å². The highest BCUT2D eigenvalue weighted by atomic mass is 32.2. The minimum atomic E-state index is 0.183. The first-order chi connectivity index (χ1) is 13.0. The van der Waals surface area contributed by atoms with Gasteiger partial charge in [0.1, 0.15) is 0 Å². The van der Waals surface area contributed by atoms with Crippen LogP contribution in [0.3, 0.4) is 0 Å². The Labute approximate surface area is 169 Å². The van der Waals surface area contributed by atoms with E-state index in [4.69, 9.17) is 0 Å². The Balaban J connectivity index is 1.41. The number of rotatable bonds is 7. The lowest BCUT2D eigenvalue weighted by atomic mass is 10.0. The summed E-state index contributed by atoms with van der Waals surface area (Å²) < 4.78 is 0.830. The van der Waals surface area contributed by atoms with Crippen molar-refractivity contribution >= 4 is 34.1 Å². The van der Waals surface area contributed by atoms with Crippen molar-refractivity contribution in [3.8, 4) is 0 Å². The quantitative estimate of drug-likeness (QED) is 0.714. The van der Waals surface area contributed by atoms with Gasteiger partial charge in [-0.2, -0.15) is 0 Å². The second-order valence-corrected chi connectivity index (χ2v) is 9.17. The molecule has 0 saturated carbocycles. The van der Waals surface area contributed by atoms with Gasteiger partial charge in [-0.25, -0.2) is 0 Å². The van der Waals surface area contributed by atoms with Crippen molar-refractivity contribution in [2.75, 3.05) is 44.3 Å². The maximum atomic E-state index is 12.4. The van der Waals surface area contributed by atoms with Gasteiger partial charge in [0.15, 0.2) is 4.34 Å². The molecule has 146 valence electrons. The first kappa shape index (κ1) is 20.1. The Morgan fingerprint density at radius 1 is 1.19 bits per heavy atom. The van der Waals surface area contributed by atoms with Crippen molar-refractivity contribution in [2.45, 2.75) is 30.6 Å². The van der Waals surface area contributed by atoms with E-state index in [2.05, 4.69) is 58.5 Å². The van der Waals surface area contributed by atoms with Crippen LogP contribution in [0.5, 0.6) is 0 Å². The average Bonchev–Trinajstić information content (AvgIpc) is 3.15. The zero-order valence-electron chi connectivity index (χ0n) is 16.1. The van der Waals surface area contributed by atoms with Crippen LogP contribution in [-0.4, -0.2) is 64.9 Å². The van der Waals surface area contributed by atoms with Crippen molar-refractivity contribution in [1.82, 2.24) is 20.0 Å². The van der Waals surface area contributed by atoms with Crippen LogP contribution in [0.25, 0.3) is 0 Å². The van der Waals surface area contributed by atoms with Crippen LogP contribution in [-0.2, 0) is 11.3 Å². The summed E-state index contributed by atoms with van der Waals surface area (Å²) in [4.78, 5) is 16.8. The molecule has 1 saturated heterocycles. The van der Waals surface area contributed by atoms with Gasteiger partial charge in [-0.3, -0.25) is 9.69 Å². The molecule has 1 aliphatic heterocycles. The molecule has 1 amide bonds. The molecule has 1 aromatic heterocycles. The van der Waals surface area contributed by atoms with Gasteiger partial charge >= 0.3 is 0 Å². The van der Waals surface area contributed by atoms with E-state index in [1.54, 1.807) is 0 Å². The largest absolute Gasteiger partial charge is 0.363 e. The van der Waals surface area contributed by atoms with E-state index in [0.29, 0.717) is 11.7 Å². The maximum Gasteiger partial charge on any atom is 0.233 e. The summed E-state index contributed by atoms with van der Waals surface area (Å²) in [6, 6.07) is 8.91. The fourth-order valence-corrected chi connectivity index (χ4v) is 4.61. The van der Waals surface area contributed by atoms with Gasteiger partial charge in [0.2, 0.25) is 11.0 Å². The SMILES string of the molecule is CNc1nnc(SCC(=O)N2CCN(Cc3ccc(C(C)C)cc3)CC2)s1. The van der Waals surface area contributed by atoms with Gasteiger partial charge in [-0.05, 0) is 17.0 Å². The van der Waals surface area contributed by atoms with Gasteiger partial charge < -0.3 is 10.2 Å². The summed E-state index contributed by atoms with van der Waals surface area (Å²) in [5.41, 5.74) is 2.72. The molecule has 27 heavy (non-hydrogen) atoms. The zero-order valence-corrected chi connectivity index (χ0v) is 17.8. The Morgan fingerprint density at radius 3 is 2.48 bits per heavy atom. The molecule has 0 atom stereocenters. The summed E-state index contributed by atoms with van der Waals surface area (Å²) in [6.07, 6.45) is 0. The van der Waals surface area contributed by atoms with Gasteiger partial charge in [-0.1, -0.05) is 61.2 Å². The Morgan fingerprint density at radius 2 is 1.89 bits per heavy atom. The lowest BCUT2D eigenvalue weighted by molar-refractivity contribution is -0.130. The van der Waals surface area contributed by atoms with E-state index in [0.717, 1.165) is 42.2 Å². The number of nitrogens with zero attached hydrogens (tertiary/aromatic N) is 4. The van der Waals surface area contributed by atoms with E-state index in [1.165, 1.54) is 34.2 Å². The van der Waals surface area contributed by atoms with Crippen molar-refractivity contribution in [1.29, 1.82) is 0 Å². The lowest BCUT2D eigenvalue weighted by Gasteiger charge is -2.34. The van der Waals surface area contributed by atoms with Crippen molar-refractivity contribution < 1.29 is 4.79 Å². The topological polar surface area (TPSA) is 61.4 Å². The summed E-state index contributed by atoms with van der Waals surface area (Å²) >= 11 is 2.94. The number of amides is 1. The number of thioether (sulfide) groups is 1. The van der Waals surface area contributed by atoms with Gasteiger partial charge in [0, 0.05) is 39.8 Å². The Kier molecular flexibility index (Phi) is 7.09. The average molecular weight is 406 g/mol. The van der Waals surface area contributed by atoms with Crippen LogP contribution in [0.4, 0.5) is 5.13 Å². The molecule has 2 aromatic rings. The number of carbonyl (C=O) groups excluding carboxylic acids is 1. The predicted molar refractivity (Wildman–Crippen MR) is 113 cm³/mol. The smallest absolute Gasteiger partial charge is 0.233 e. The monoisotopic (exact) mass is 405 g/mol. The summed E-state index contributed by atoms with van der Waals surface area (Å²) in [6.45, 7) is 8.81. The number of carbonyl (C=O) groups is 1. The second-order valence-electron chi connectivity index (χ2n) is 6.97. The molecule has 0 aliphatic carbocycles. The highest BCUT2D eigenvalue weighted by molar-refractivity contribution is 8.01. The van der Waals surface area contributed by atoms with Gasteiger partial charge in [-0.15, -0.1) is 10.2 Å². The van der Waals surface area contributed by atoms with Crippen molar-refractivity contribution in [2.24, 2.45) is 0 Å². The molecule has 1 fully saturated rings. The molecular formula is C19H27N5OS2. The number of piperazine rings is 1. The number of nitrogens with one attached hydrogen (secondary N) is 1. The van der Waals surface area contributed by atoms with Crippen molar-refractivity contribution in [3.05, 3.63) is 35.4 Å². The molecule has 3 rings (SSSR count). The van der Waals surface area contributed by atoms with Crippen molar-refractivity contribution in [3.63, 3.8) is 0 Å². The van der Waals surface area contributed by atoms with E-state index < -0.39 is 0 Å². The lowest BCUT2D eigenvalue weighted by Crippen LogP contribution is -2.48. The summed E-state index contributed by atoms with van der Waals surface area (Å²) in [5, 5.41) is 11.8. The van der Waals surface area contributed by atoms with Gasteiger partial charge in [0.05, 0.1) is 5.75 Å². The van der Waals surface area contributed by atoms with Crippen LogP contribution in [0.1, 0.15) is 30.9 Å². The second kappa shape index (κ2) is 9.52. The molecular weight excluding hydrogens is 378 g/mol. The number of hydrogen-bond acceptors (Lipinski definition) is 7. The molecule has 1 N–H and O–H groups in total. The fourth-order valence-electron chi connectivity index (χ4n) is 3.01. The number of anilines is 1. The highest BCUT2D eigenvalue weighted by Crippen LogP contribution is 2.25. The normalized spacial score (nSPS) is 15.3. The minimum Gasteiger partial charge on any atom is -0.363 e. The van der Waals surface area contributed by atoms with E-state index in [1.807, 2.05) is 11.9 Å². The third-order valence-corrected chi connectivity index (χ3v) is 6.78. The molecule has 0 unspecified atom stereocenters. The molecule has 8 heteroatoms. The van der Waals surface area contributed by atoms with Crippen LogP contribution in [0.15, 0.2) is 28.6 Å². The Hall–Kier alpha value is -1.64. The number of benzene rings is 1. The Bertz CT molecular complexity index is 739. The minimum absolute atomic E-state index is 0.183. The van der Waals surface area contributed by atoms with Crippen LogP contribution >= 0.6 is 23.1 Å². The highest BCUT2D eigenvalue weighted by Gasteiger charge is 2.21. The van der Waals surface area contributed by atoms with Gasteiger partial charge in [0.25, 0.3) is 0 Å². The van der Waals surface area contributed by atoms with Crippen LogP contribution in [0.2, 0.25) is 0 Å². The fraction of sp³-hybridized carbons (Fsp3) is 0.526. The predicted octanol–water partition coefficient (Wildman–Crippen LogP) is 3.14. The molecule has 6 nitrogen and oxygen atoms in total. The van der Waals surface area contributed by atoms with E-state index >= 15 is 0 Å². The molecule has 1 aliphatic rings. The standard InChI is InChI=1S/C19H27N5OS2/c1-14(2)16-6-4-15(5-7-16)12-23-8-10-24(11-9-23)17(25)13-26-19-22-21-18(20-3)27-19/h4-7,14H,8-13H2,1-3H3,(H,20,21). The number of hydrogen-bond donors (Lipinski definition) is 1. The molecule has 0 spiro atoms. The van der Waals surface area contributed by atoms with Crippen LogP contribution < -0.4 is 5.32 Å². The summed E-state index contributed by atoms with van der Waals surface area (Å²) in [5.74, 6) is 1.17. The molecule has 2 heterocycles. The first-order valence-corrected chi connectivity index (χ1v) is 11.1. The van der Waals surface area contributed by atoms with E-state index in [-0.39, 0.29) is 5.91 Å². The molecule has 0 bridgehead atoms. The zero-order chi connectivity index (χ0) is 19.2. The summed E-state index contributed by atoms with van der Waals surface area (Å²) in [7, 11) is 1.82.